The number of thiazole rings is 1. The van der Waals surface area contributed by atoms with Gasteiger partial charge in [-0.3, -0.25) is 0 Å². The molecule has 19 heavy (non-hydrogen) atoms. The monoisotopic (exact) mass is 332 g/mol. The van der Waals surface area contributed by atoms with Gasteiger partial charge in [-0.05, 0) is 55.3 Å². The number of rotatable bonds is 2. The summed E-state index contributed by atoms with van der Waals surface area (Å²) in [4.78, 5) is 4.60. The maximum absolute atomic E-state index is 4.60. The van der Waals surface area contributed by atoms with E-state index in [4.69, 9.17) is 0 Å². The van der Waals surface area contributed by atoms with Gasteiger partial charge >= 0.3 is 0 Å². The highest BCUT2D eigenvalue weighted by Gasteiger charge is 2.05. The SMILES string of the molecule is Cc1ccc(Nc2nc3cc(Br)ccc3s2)cc1C. The largest absolute Gasteiger partial charge is 0.332 e. The average Bonchev–Trinajstić information content (AvgIpc) is 2.75. The third-order valence-electron chi connectivity index (χ3n) is 3.11. The van der Waals surface area contributed by atoms with Crippen LogP contribution in [0.25, 0.3) is 10.2 Å². The third kappa shape index (κ3) is 2.65. The van der Waals surface area contributed by atoms with Crippen LogP contribution in [0.3, 0.4) is 0 Å². The lowest BCUT2D eigenvalue weighted by atomic mass is 10.1. The van der Waals surface area contributed by atoms with Crippen LogP contribution in [0, 0.1) is 13.8 Å². The van der Waals surface area contributed by atoms with Crippen molar-refractivity contribution in [1.82, 2.24) is 4.98 Å². The predicted octanol–water partition coefficient (Wildman–Crippen LogP) is 5.42. The molecule has 0 spiro atoms. The zero-order chi connectivity index (χ0) is 13.4. The molecule has 0 atom stereocenters. The van der Waals surface area contributed by atoms with Gasteiger partial charge in [-0.15, -0.1) is 0 Å². The molecular weight excluding hydrogens is 320 g/mol. The third-order valence-corrected chi connectivity index (χ3v) is 4.55. The smallest absolute Gasteiger partial charge is 0.188 e. The van der Waals surface area contributed by atoms with Crippen molar-refractivity contribution in [2.75, 3.05) is 5.32 Å². The molecule has 1 aromatic heterocycles. The first kappa shape index (κ1) is 12.6. The molecular formula is C15H13BrN2S. The summed E-state index contributed by atoms with van der Waals surface area (Å²) in [6.45, 7) is 4.24. The van der Waals surface area contributed by atoms with Crippen LogP contribution in [-0.4, -0.2) is 4.98 Å². The van der Waals surface area contributed by atoms with Crippen molar-refractivity contribution in [3.63, 3.8) is 0 Å². The molecule has 96 valence electrons. The lowest BCUT2D eigenvalue weighted by Crippen LogP contribution is -1.90. The molecule has 1 heterocycles. The van der Waals surface area contributed by atoms with Crippen LogP contribution >= 0.6 is 27.3 Å². The van der Waals surface area contributed by atoms with Crippen molar-refractivity contribution in [3.8, 4) is 0 Å². The van der Waals surface area contributed by atoms with E-state index < -0.39 is 0 Å². The van der Waals surface area contributed by atoms with Gasteiger partial charge in [0, 0.05) is 10.2 Å². The predicted molar refractivity (Wildman–Crippen MR) is 86.5 cm³/mol. The number of nitrogens with zero attached hydrogens (tertiary/aromatic N) is 1. The van der Waals surface area contributed by atoms with Gasteiger partial charge in [-0.2, -0.15) is 0 Å². The van der Waals surface area contributed by atoms with E-state index >= 15 is 0 Å². The highest BCUT2D eigenvalue weighted by Crippen LogP contribution is 2.30. The van der Waals surface area contributed by atoms with E-state index in [1.54, 1.807) is 11.3 Å². The van der Waals surface area contributed by atoms with E-state index in [1.807, 2.05) is 12.1 Å². The van der Waals surface area contributed by atoms with Crippen LogP contribution in [0.5, 0.6) is 0 Å². The molecule has 2 aromatic carbocycles. The van der Waals surface area contributed by atoms with Gasteiger partial charge in [0.2, 0.25) is 0 Å². The summed E-state index contributed by atoms with van der Waals surface area (Å²) in [6, 6.07) is 12.5. The minimum absolute atomic E-state index is 0.927. The maximum atomic E-state index is 4.60. The molecule has 0 aliphatic heterocycles. The van der Waals surface area contributed by atoms with Crippen LogP contribution in [0.2, 0.25) is 0 Å². The molecule has 2 nitrogen and oxygen atoms in total. The highest BCUT2D eigenvalue weighted by molar-refractivity contribution is 9.10. The Morgan fingerprint density at radius 1 is 1.05 bits per heavy atom. The first-order chi connectivity index (χ1) is 9.11. The Balaban J connectivity index is 1.94. The first-order valence-corrected chi connectivity index (χ1v) is 7.63. The zero-order valence-corrected chi connectivity index (χ0v) is 13.1. The number of halogens is 1. The first-order valence-electron chi connectivity index (χ1n) is 6.02. The van der Waals surface area contributed by atoms with Crippen LogP contribution < -0.4 is 5.32 Å². The van der Waals surface area contributed by atoms with Gasteiger partial charge < -0.3 is 5.32 Å². The van der Waals surface area contributed by atoms with Gasteiger partial charge in [0.15, 0.2) is 5.13 Å². The van der Waals surface area contributed by atoms with Crippen LogP contribution in [0.4, 0.5) is 10.8 Å². The van der Waals surface area contributed by atoms with E-state index in [0.29, 0.717) is 0 Å². The number of fused-ring (bicyclic) bond motifs is 1. The van der Waals surface area contributed by atoms with Gasteiger partial charge in [-0.1, -0.05) is 33.3 Å². The molecule has 0 radical (unpaired) electrons. The number of hydrogen-bond donors (Lipinski definition) is 1. The summed E-state index contributed by atoms with van der Waals surface area (Å²) in [5.74, 6) is 0. The second kappa shape index (κ2) is 4.94. The fraction of sp³-hybridized carbons (Fsp3) is 0.133. The Kier molecular flexibility index (Phi) is 3.29. The van der Waals surface area contributed by atoms with E-state index in [1.165, 1.54) is 15.8 Å². The van der Waals surface area contributed by atoms with Crippen molar-refractivity contribution in [1.29, 1.82) is 0 Å². The van der Waals surface area contributed by atoms with Crippen molar-refractivity contribution in [2.45, 2.75) is 13.8 Å². The number of nitrogens with one attached hydrogen (secondary N) is 1. The molecule has 0 saturated heterocycles. The number of anilines is 2. The summed E-state index contributed by atoms with van der Waals surface area (Å²) < 4.78 is 2.25. The van der Waals surface area contributed by atoms with Gasteiger partial charge in [0.25, 0.3) is 0 Å². The van der Waals surface area contributed by atoms with Crippen LogP contribution in [-0.2, 0) is 0 Å². The molecule has 0 aliphatic rings. The normalized spacial score (nSPS) is 10.9. The van der Waals surface area contributed by atoms with Crippen molar-refractivity contribution in [2.24, 2.45) is 0 Å². The number of aromatic nitrogens is 1. The van der Waals surface area contributed by atoms with E-state index in [-0.39, 0.29) is 0 Å². The summed E-state index contributed by atoms with van der Waals surface area (Å²) >= 11 is 5.14. The highest BCUT2D eigenvalue weighted by atomic mass is 79.9. The maximum Gasteiger partial charge on any atom is 0.188 e. The lowest BCUT2D eigenvalue weighted by Gasteiger charge is -2.05. The molecule has 0 bridgehead atoms. The molecule has 0 fully saturated rings. The number of hydrogen-bond acceptors (Lipinski definition) is 3. The second-order valence-electron chi connectivity index (χ2n) is 4.56. The minimum Gasteiger partial charge on any atom is -0.332 e. The standard InChI is InChI=1S/C15H13BrN2S/c1-9-3-5-12(7-10(9)2)17-15-18-13-8-11(16)4-6-14(13)19-15/h3-8H,1-2H3,(H,17,18). The molecule has 0 unspecified atom stereocenters. The van der Waals surface area contributed by atoms with Crippen LogP contribution in [0.1, 0.15) is 11.1 Å². The summed E-state index contributed by atoms with van der Waals surface area (Å²) in [5, 5.41) is 4.30. The van der Waals surface area contributed by atoms with Crippen molar-refractivity contribution < 1.29 is 0 Å². The van der Waals surface area contributed by atoms with E-state index in [2.05, 4.69) is 64.3 Å². The summed E-state index contributed by atoms with van der Waals surface area (Å²) in [6.07, 6.45) is 0. The molecule has 4 heteroatoms. The Labute approximate surface area is 124 Å². The van der Waals surface area contributed by atoms with E-state index in [9.17, 15) is 0 Å². The molecule has 0 saturated carbocycles. The Morgan fingerprint density at radius 3 is 2.68 bits per heavy atom. The summed E-state index contributed by atoms with van der Waals surface area (Å²) in [5.41, 5.74) is 4.69. The van der Waals surface area contributed by atoms with Crippen LogP contribution in [0.15, 0.2) is 40.9 Å². The van der Waals surface area contributed by atoms with Gasteiger partial charge in [0.1, 0.15) is 0 Å². The second-order valence-corrected chi connectivity index (χ2v) is 6.50. The van der Waals surface area contributed by atoms with Gasteiger partial charge in [-0.25, -0.2) is 4.98 Å². The van der Waals surface area contributed by atoms with Gasteiger partial charge in [0.05, 0.1) is 10.2 Å². The quantitative estimate of drug-likeness (QED) is 0.677. The Bertz CT molecular complexity index is 749. The Hall–Kier alpha value is -1.39. The fourth-order valence-corrected chi connectivity index (χ4v) is 3.11. The van der Waals surface area contributed by atoms with Crippen molar-refractivity contribution in [3.05, 3.63) is 52.0 Å². The minimum atomic E-state index is 0.927. The molecule has 0 amide bonds. The Morgan fingerprint density at radius 2 is 1.89 bits per heavy atom. The molecule has 3 aromatic rings. The molecule has 0 aliphatic carbocycles. The molecule has 3 rings (SSSR count). The lowest BCUT2D eigenvalue weighted by molar-refractivity contribution is 1.33. The zero-order valence-electron chi connectivity index (χ0n) is 10.7. The fourth-order valence-electron chi connectivity index (χ4n) is 1.90. The van der Waals surface area contributed by atoms with Crippen molar-refractivity contribution >= 4 is 48.3 Å². The summed E-state index contributed by atoms with van der Waals surface area (Å²) in [7, 11) is 0. The van der Waals surface area contributed by atoms with E-state index in [0.717, 1.165) is 20.8 Å². The topological polar surface area (TPSA) is 24.9 Å². The molecule has 1 N–H and O–H groups in total. The number of aryl methyl sites for hydroxylation is 2. The number of benzene rings is 2. The average molecular weight is 333 g/mol.